The van der Waals surface area contributed by atoms with Crippen LogP contribution in [0.1, 0.15) is 86.5 Å². The number of hydrogen-bond acceptors (Lipinski definition) is 7. The predicted molar refractivity (Wildman–Crippen MR) is 338 cm³/mol. The molecule has 2 fully saturated rings. The molecule has 13 aromatic rings. The first-order valence-corrected chi connectivity index (χ1v) is 28.9. The lowest BCUT2D eigenvalue weighted by molar-refractivity contribution is 0.346. The molecule has 0 radical (unpaired) electrons. The number of rotatable bonds is 8. The molecule has 2 aliphatic carbocycles. The van der Waals surface area contributed by atoms with Crippen LogP contribution in [0.5, 0.6) is 0 Å². The maximum Gasteiger partial charge on any atom is 0.158 e. The topological polar surface area (TPSA) is 116 Å². The third-order valence-corrected chi connectivity index (χ3v) is 17.6. The summed E-state index contributed by atoms with van der Waals surface area (Å²) in [5, 5.41) is 14.1. The SMILES string of the molecule is Brc1cccc2c1oc1ccccc12.Nc1ccc(C2(c3ccc(N)cc3)CCCCC2)cc1.c1ccc2c(c1)oc1c(Nc3ccc(C4(c5ccc(Nc6cccc7c6oc6ccccc67)cc5)CCCCC4)cc3)cccc12. The first-order valence-electron chi connectivity index (χ1n) is 28.2. The highest BCUT2D eigenvalue weighted by Gasteiger charge is 2.37. The van der Waals surface area contributed by atoms with E-state index in [0.717, 1.165) is 112 Å². The molecule has 0 spiro atoms. The number of anilines is 6. The van der Waals surface area contributed by atoms with Crippen LogP contribution in [0.15, 0.2) is 242 Å². The van der Waals surface area contributed by atoms with E-state index in [1.54, 1.807) is 0 Å². The smallest absolute Gasteiger partial charge is 0.158 e. The van der Waals surface area contributed by atoms with Gasteiger partial charge in [0.1, 0.15) is 22.3 Å². The molecule has 0 amide bonds. The van der Waals surface area contributed by atoms with Gasteiger partial charge in [-0.15, -0.1) is 0 Å². The van der Waals surface area contributed by atoms with Gasteiger partial charge >= 0.3 is 0 Å². The van der Waals surface area contributed by atoms with Gasteiger partial charge in [0.05, 0.1) is 15.8 Å². The lowest BCUT2D eigenvalue weighted by Gasteiger charge is -2.39. The molecule has 7 nitrogen and oxygen atoms in total. The molecule has 6 N–H and O–H groups in total. The van der Waals surface area contributed by atoms with Crippen LogP contribution in [0.2, 0.25) is 0 Å². The van der Waals surface area contributed by atoms with Crippen LogP contribution < -0.4 is 22.1 Å². The molecule has 80 heavy (non-hydrogen) atoms. The normalized spacial score (nSPS) is 14.9. The molecular formula is C72H63BrN4O3. The number of nitrogens with one attached hydrogen (secondary N) is 2. The number of benzene rings is 10. The zero-order valence-electron chi connectivity index (χ0n) is 44.7. The van der Waals surface area contributed by atoms with Gasteiger partial charge in [0.15, 0.2) is 11.2 Å². The summed E-state index contributed by atoms with van der Waals surface area (Å²) in [5.41, 5.74) is 28.6. The molecule has 0 unspecified atom stereocenters. The van der Waals surface area contributed by atoms with E-state index in [2.05, 4.69) is 172 Å². The monoisotopic (exact) mass is 1110 g/mol. The highest BCUT2D eigenvalue weighted by atomic mass is 79.9. The Bertz CT molecular complexity index is 4070. The van der Waals surface area contributed by atoms with Crippen LogP contribution in [-0.4, -0.2) is 0 Å². The van der Waals surface area contributed by atoms with Crippen LogP contribution in [0, 0.1) is 0 Å². The average Bonchev–Trinajstić information content (AvgIpc) is 4.33. The van der Waals surface area contributed by atoms with E-state index in [1.165, 1.54) is 79.0 Å². The van der Waals surface area contributed by atoms with Crippen molar-refractivity contribution in [2.24, 2.45) is 0 Å². The summed E-state index contributed by atoms with van der Waals surface area (Å²) < 4.78 is 19.3. The van der Waals surface area contributed by atoms with Gasteiger partial charge in [0.2, 0.25) is 0 Å². The van der Waals surface area contributed by atoms with E-state index in [1.807, 2.05) is 78.9 Å². The maximum atomic E-state index is 6.26. The summed E-state index contributed by atoms with van der Waals surface area (Å²) in [4.78, 5) is 0. The van der Waals surface area contributed by atoms with Gasteiger partial charge < -0.3 is 35.4 Å². The van der Waals surface area contributed by atoms with Gasteiger partial charge in [0.25, 0.3) is 0 Å². The highest BCUT2D eigenvalue weighted by Crippen LogP contribution is 2.48. The molecule has 0 atom stereocenters. The van der Waals surface area contributed by atoms with Gasteiger partial charge in [-0.25, -0.2) is 0 Å². The predicted octanol–water partition coefficient (Wildman–Crippen LogP) is 20.7. The van der Waals surface area contributed by atoms with Crippen molar-refractivity contribution in [3.63, 3.8) is 0 Å². The molecule has 0 aliphatic heterocycles. The van der Waals surface area contributed by atoms with Gasteiger partial charge in [-0.05, 0) is 149 Å². The molecule has 2 aliphatic rings. The summed E-state index contributed by atoms with van der Waals surface area (Å²) in [6.07, 6.45) is 12.4. The second-order valence-corrected chi connectivity index (χ2v) is 22.6. The Labute approximate surface area is 474 Å². The Morgan fingerprint density at radius 1 is 0.312 bits per heavy atom. The van der Waals surface area contributed by atoms with E-state index in [4.69, 9.17) is 24.7 Å². The Morgan fingerprint density at radius 2 is 0.625 bits per heavy atom. The number of para-hydroxylation sites is 6. The quantitative estimate of drug-likeness (QED) is 0.112. The van der Waals surface area contributed by atoms with Crippen molar-refractivity contribution in [2.45, 2.75) is 75.0 Å². The van der Waals surface area contributed by atoms with Crippen molar-refractivity contribution < 1.29 is 13.3 Å². The third-order valence-electron chi connectivity index (χ3n) is 16.9. The standard InChI is InChI=1S/C42H34N2O2.C18H22N2.C12H7BrO/c1-6-26-42(27-7-1,28-18-22-30(23-19-28)43-36-14-8-12-34-32-10-2-4-16-38(32)45-40(34)36)29-20-24-31(25-21-29)44-37-15-9-13-35-33-11-3-5-17-39(33)46-41(35)37;19-16-8-4-14(5-9-16)18(12-2-1-3-13-18)15-6-10-17(20)11-7-15;13-10-6-3-5-9-8-4-1-2-7-11(8)14-12(9)10/h2-5,8-25,43-44H,1,6-7,26-27H2;4-11H,1-3,12-13,19-20H2;1-7H. The van der Waals surface area contributed by atoms with Gasteiger partial charge in [-0.1, -0.05) is 178 Å². The number of fused-ring (bicyclic) bond motifs is 9. The van der Waals surface area contributed by atoms with Crippen molar-refractivity contribution in [3.8, 4) is 0 Å². The first-order chi connectivity index (χ1) is 39.3. The summed E-state index contributed by atoms with van der Waals surface area (Å²) in [6, 6.07) is 78.2. The van der Waals surface area contributed by atoms with Gasteiger partial charge in [0, 0.05) is 65.9 Å². The Kier molecular flexibility index (Phi) is 13.9. The Morgan fingerprint density at radius 3 is 1.01 bits per heavy atom. The molecule has 15 rings (SSSR count). The maximum absolute atomic E-state index is 6.26. The van der Waals surface area contributed by atoms with E-state index in [0.29, 0.717) is 0 Å². The van der Waals surface area contributed by atoms with E-state index >= 15 is 0 Å². The number of nitrogens with two attached hydrogens (primary N) is 2. The van der Waals surface area contributed by atoms with Crippen molar-refractivity contribution in [1.29, 1.82) is 0 Å². The molecule has 0 bridgehead atoms. The fraction of sp³-hybridized carbons (Fsp3) is 0.167. The van der Waals surface area contributed by atoms with Crippen LogP contribution in [0.25, 0.3) is 65.8 Å². The minimum Gasteiger partial charge on any atom is -0.455 e. The Hall–Kier alpha value is -8.72. The lowest BCUT2D eigenvalue weighted by atomic mass is 9.65. The molecule has 396 valence electrons. The summed E-state index contributed by atoms with van der Waals surface area (Å²) in [5.74, 6) is 0. The molecule has 10 aromatic carbocycles. The number of hydrogen-bond donors (Lipinski definition) is 4. The van der Waals surface area contributed by atoms with E-state index < -0.39 is 0 Å². The molecule has 3 heterocycles. The fourth-order valence-corrected chi connectivity index (χ4v) is 13.3. The summed E-state index contributed by atoms with van der Waals surface area (Å²) in [6.45, 7) is 0. The second kappa shape index (κ2) is 21.8. The minimum absolute atomic E-state index is 0.00675. The largest absolute Gasteiger partial charge is 0.455 e. The van der Waals surface area contributed by atoms with Crippen LogP contribution in [-0.2, 0) is 10.8 Å². The van der Waals surface area contributed by atoms with E-state index in [9.17, 15) is 0 Å². The lowest BCUT2D eigenvalue weighted by Crippen LogP contribution is -2.30. The van der Waals surface area contributed by atoms with E-state index in [-0.39, 0.29) is 10.8 Å². The number of halogens is 1. The zero-order chi connectivity index (χ0) is 54.0. The van der Waals surface area contributed by atoms with Crippen LogP contribution in [0.3, 0.4) is 0 Å². The number of furan rings is 3. The first kappa shape index (κ1) is 50.8. The molecule has 3 aromatic heterocycles. The molecular weight excluding hydrogens is 1050 g/mol. The average molecular weight is 1110 g/mol. The summed E-state index contributed by atoms with van der Waals surface area (Å²) in [7, 11) is 0. The molecule has 8 heteroatoms. The van der Waals surface area contributed by atoms with Crippen molar-refractivity contribution in [1.82, 2.24) is 0 Å². The molecule has 2 saturated carbocycles. The van der Waals surface area contributed by atoms with Crippen molar-refractivity contribution >= 4 is 116 Å². The van der Waals surface area contributed by atoms with Crippen molar-refractivity contribution in [3.05, 3.63) is 251 Å². The van der Waals surface area contributed by atoms with Crippen LogP contribution in [0.4, 0.5) is 34.1 Å². The summed E-state index contributed by atoms with van der Waals surface area (Å²) >= 11 is 3.48. The highest BCUT2D eigenvalue weighted by molar-refractivity contribution is 9.10. The van der Waals surface area contributed by atoms with Gasteiger partial charge in [-0.3, -0.25) is 0 Å². The van der Waals surface area contributed by atoms with Crippen LogP contribution >= 0.6 is 15.9 Å². The van der Waals surface area contributed by atoms with Gasteiger partial charge in [-0.2, -0.15) is 0 Å². The fourth-order valence-electron chi connectivity index (χ4n) is 12.9. The zero-order valence-corrected chi connectivity index (χ0v) is 46.3. The second-order valence-electron chi connectivity index (χ2n) is 21.7. The Balaban J connectivity index is 0.000000144. The third kappa shape index (κ3) is 9.72. The number of nitrogen functional groups attached to an aromatic ring is 2. The minimum atomic E-state index is 0.00675. The molecule has 0 saturated heterocycles. The van der Waals surface area contributed by atoms with Crippen molar-refractivity contribution in [2.75, 3.05) is 22.1 Å².